The van der Waals surface area contributed by atoms with Gasteiger partial charge in [0.15, 0.2) is 0 Å². The molecule has 1 aliphatic rings. The van der Waals surface area contributed by atoms with Crippen molar-refractivity contribution in [2.45, 2.75) is 0 Å². The number of para-hydroxylation sites is 1. The molecule has 1 fully saturated rings. The van der Waals surface area contributed by atoms with Gasteiger partial charge in [-0.05, 0) is 24.3 Å². The van der Waals surface area contributed by atoms with Crippen molar-refractivity contribution in [3.05, 3.63) is 65.2 Å². The number of aromatic nitrogens is 2. The van der Waals surface area contributed by atoms with E-state index in [0.29, 0.717) is 11.4 Å². The molecule has 1 aromatic carbocycles. The standard InChI is InChI=1S/C19H19N5OS/c25-19(17-13-26-14-21-17)22-15-6-7-18(20-12-15)24-10-8-23(9-11-24)16-4-2-1-3-5-16/h1-7,12-14H,8-11H2,(H,22,25). The molecule has 132 valence electrons. The van der Waals surface area contributed by atoms with Crippen LogP contribution < -0.4 is 15.1 Å². The van der Waals surface area contributed by atoms with Crippen molar-refractivity contribution in [2.24, 2.45) is 0 Å². The van der Waals surface area contributed by atoms with Gasteiger partial charge in [0, 0.05) is 37.2 Å². The summed E-state index contributed by atoms with van der Waals surface area (Å²) >= 11 is 1.40. The molecule has 7 heteroatoms. The molecule has 0 spiro atoms. The number of anilines is 3. The van der Waals surface area contributed by atoms with Gasteiger partial charge in [0.25, 0.3) is 5.91 Å². The summed E-state index contributed by atoms with van der Waals surface area (Å²) in [5.41, 5.74) is 4.01. The van der Waals surface area contributed by atoms with Gasteiger partial charge >= 0.3 is 0 Å². The molecule has 1 N–H and O–H groups in total. The van der Waals surface area contributed by atoms with Crippen LogP contribution in [0.4, 0.5) is 17.2 Å². The zero-order valence-corrected chi connectivity index (χ0v) is 15.0. The molecule has 0 saturated carbocycles. The quantitative estimate of drug-likeness (QED) is 0.770. The van der Waals surface area contributed by atoms with E-state index in [1.165, 1.54) is 17.0 Å². The molecule has 6 nitrogen and oxygen atoms in total. The van der Waals surface area contributed by atoms with Crippen LogP contribution in [0, 0.1) is 0 Å². The smallest absolute Gasteiger partial charge is 0.275 e. The molecule has 26 heavy (non-hydrogen) atoms. The molecular weight excluding hydrogens is 346 g/mol. The molecule has 1 aliphatic heterocycles. The molecule has 2 aromatic heterocycles. The molecular formula is C19H19N5OS. The largest absolute Gasteiger partial charge is 0.368 e. The number of hydrogen-bond acceptors (Lipinski definition) is 6. The molecule has 3 aromatic rings. The number of pyridine rings is 1. The first-order chi connectivity index (χ1) is 12.8. The summed E-state index contributed by atoms with van der Waals surface area (Å²) in [4.78, 5) is 25.2. The zero-order chi connectivity index (χ0) is 17.8. The van der Waals surface area contributed by atoms with E-state index >= 15 is 0 Å². The van der Waals surface area contributed by atoms with Crippen molar-refractivity contribution >= 4 is 34.4 Å². The number of benzene rings is 1. The highest BCUT2D eigenvalue weighted by Crippen LogP contribution is 2.20. The summed E-state index contributed by atoms with van der Waals surface area (Å²) in [7, 11) is 0. The summed E-state index contributed by atoms with van der Waals surface area (Å²) in [6.45, 7) is 3.78. The molecule has 3 heterocycles. The first kappa shape index (κ1) is 16.5. The lowest BCUT2D eigenvalue weighted by Gasteiger charge is -2.36. The van der Waals surface area contributed by atoms with E-state index in [-0.39, 0.29) is 5.91 Å². The number of carbonyl (C=O) groups is 1. The van der Waals surface area contributed by atoms with Crippen molar-refractivity contribution in [2.75, 3.05) is 41.3 Å². The predicted molar refractivity (Wildman–Crippen MR) is 105 cm³/mol. The van der Waals surface area contributed by atoms with Gasteiger partial charge in [-0.3, -0.25) is 4.79 Å². The third-order valence-corrected chi connectivity index (χ3v) is 4.98. The molecule has 0 unspecified atom stereocenters. The Hall–Kier alpha value is -2.93. The Labute approximate surface area is 156 Å². The fourth-order valence-corrected chi connectivity index (χ4v) is 3.53. The van der Waals surface area contributed by atoms with Crippen LogP contribution in [0.2, 0.25) is 0 Å². The highest BCUT2D eigenvalue weighted by atomic mass is 32.1. The van der Waals surface area contributed by atoms with Gasteiger partial charge < -0.3 is 15.1 Å². The maximum absolute atomic E-state index is 12.0. The first-order valence-corrected chi connectivity index (χ1v) is 9.44. The van der Waals surface area contributed by atoms with Gasteiger partial charge in [0.2, 0.25) is 0 Å². The minimum atomic E-state index is -0.211. The Balaban J connectivity index is 1.35. The summed E-state index contributed by atoms with van der Waals surface area (Å²) in [6.07, 6.45) is 1.70. The van der Waals surface area contributed by atoms with E-state index in [4.69, 9.17) is 0 Å². The highest BCUT2D eigenvalue weighted by Gasteiger charge is 2.18. The van der Waals surface area contributed by atoms with E-state index < -0.39 is 0 Å². The van der Waals surface area contributed by atoms with Crippen LogP contribution in [0.3, 0.4) is 0 Å². The number of thiazole rings is 1. The summed E-state index contributed by atoms with van der Waals surface area (Å²) in [5.74, 6) is 0.724. The van der Waals surface area contributed by atoms with E-state index in [9.17, 15) is 4.79 Å². The van der Waals surface area contributed by atoms with Crippen molar-refractivity contribution in [1.29, 1.82) is 0 Å². The molecule has 0 radical (unpaired) electrons. The number of amides is 1. The Morgan fingerprint density at radius 2 is 1.73 bits per heavy atom. The Morgan fingerprint density at radius 1 is 0.962 bits per heavy atom. The van der Waals surface area contributed by atoms with E-state index in [1.807, 2.05) is 18.2 Å². The van der Waals surface area contributed by atoms with Crippen LogP contribution in [0.25, 0.3) is 0 Å². The number of nitrogens with zero attached hydrogens (tertiary/aromatic N) is 4. The minimum absolute atomic E-state index is 0.211. The van der Waals surface area contributed by atoms with Crippen LogP contribution in [-0.4, -0.2) is 42.1 Å². The molecule has 4 rings (SSSR count). The van der Waals surface area contributed by atoms with Gasteiger partial charge in [-0.1, -0.05) is 18.2 Å². The second kappa shape index (κ2) is 7.53. The summed E-state index contributed by atoms with van der Waals surface area (Å²) in [5, 5.41) is 4.54. The predicted octanol–water partition coefficient (Wildman–Crippen LogP) is 3.12. The Kier molecular flexibility index (Phi) is 4.79. The van der Waals surface area contributed by atoms with Crippen molar-refractivity contribution < 1.29 is 4.79 Å². The van der Waals surface area contributed by atoms with E-state index in [1.54, 1.807) is 17.1 Å². The second-order valence-electron chi connectivity index (χ2n) is 6.04. The van der Waals surface area contributed by atoms with Gasteiger partial charge in [0.05, 0.1) is 17.4 Å². The molecule has 0 bridgehead atoms. The lowest BCUT2D eigenvalue weighted by Crippen LogP contribution is -2.46. The molecule has 1 amide bonds. The molecule has 1 saturated heterocycles. The number of nitrogens with one attached hydrogen (secondary N) is 1. The Morgan fingerprint density at radius 3 is 2.38 bits per heavy atom. The maximum atomic E-state index is 12.0. The van der Waals surface area contributed by atoms with Crippen molar-refractivity contribution in [3.63, 3.8) is 0 Å². The van der Waals surface area contributed by atoms with Crippen molar-refractivity contribution in [3.8, 4) is 0 Å². The van der Waals surface area contributed by atoms with Crippen LogP contribution >= 0.6 is 11.3 Å². The van der Waals surface area contributed by atoms with Gasteiger partial charge in [-0.15, -0.1) is 11.3 Å². The van der Waals surface area contributed by atoms with Crippen LogP contribution in [0.15, 0.2) is 59.6 Å². The van der Waals surface area contributed by atoms with Crippen LogP contribution in [0.1, 0.15) is 10.5 Å². The number of carbonyl (C=O) groups excluding carboxylic acids is 1. The van der Waals surface area contributed by atoms with Gasteiger partial charge in [-0.2, -0.15) is 0 Å². The topological polar surface area (TPSA) is 61.4 Å². The van der Waals surface area contributed by atoms with E-state index in [0.717, 1.165) is 32.0 Å². The van der Waals surface area contributed by atoms with Crippen LogP contribution in [0.5, 0.6) is 0 Å². The first-order valence-electron chi connectivity index (χ1n) is 8.50. The SMILES string of the molecule is O=C(Nc1ccc(N2CCN(c3ccccc3)CC2)nc1)c1cscn1. The Bertz CT molecular complexity index is 843. The average Bonchev–Trinajstić information content (AvgIpc) is 3.25. The second-order valence-corrected chi connectivity index (χ2v) is 6.76. The fraction of sp³-hybridized carbons (Fsp3) is 0.211. The van der Waals surface area contributed by atoms with Crippen LogP contribution in [-0.2, 0) is 0 Å². The minimum Gasteiger partial charge on any atom is -0.368 e. The highest BCUT2D eigenvalue weighted by molar-refractivity contribution is 7.07. The summed E-state index contributed by atoms with van der Waals surface area (Å²) in [6, 6.07) is 14.3. The van der Waals surface area contributed by atoms with Crippen molar-refractivity contribution in [1.82, 2.24) is 9.97 Å². The molecule has 0 aliphatic carbocycles. The maximum Gasteiger partial charge on any atom is 0.275 e. The number of hydrogen-bond donors (Lipinski definition) is 1. The molecule has 0 atom stereocenters. The lowest BCUT2D eigenvalue weighted by molar-refractivity contribution is 0.102. The third-order valence-electron chi connectivity index (χ3n) is 4.40. The van der Waals surface area contributed by atoms with Gasteiger partial charge in [0.1, 0.15) is 11.5 Å². The zero-order valence-electron chi connectivity index (χ0n) is 14.2. The van der Waals surface area contributed by atoms with Gasteiger partial charge in [-0.25, -0.2) is 9.97 Å². The number of rotatable bonds is 4. The van der Waals surface area contributed by atoms with E-state index in [2.05, 4.69) is 49.4 Å². The summed E-state index contributed by atoms with van der Waals surface area (Å²) < 4.78 is 0. The number of piperazine rings is 1. The monoisotopic (exact) mass is 365 g/mol. The average molecular weight is 365 g/mol. The normalized spacial score (nSPS) is 14.3. The lowest BCUT2D eigenvalue weighted by atomic mass is 10.2. The third kappa shape index (κ3) is 3.67. The fourth-order valence-electron chi connectivity index (χ4n) is 3.00.